The predicted molar refractivity (Wildman–Crippen MR) is 125 cm³/mol. The molecule has 7 heteroatoms. The Bertz CT molecular complexity index is 1040. The minimum Gasteiger partial charge on any atom is -0.494 e. The third kappa shape index (κ3) is 5.94. The van der Waals surface area contributed by atoms with Crippen LogP contribution in [0, 0.1) is 5.92 Å². The fourth-order valence-corrected chi connectivity index (χ4v) is 3.87. The van der Waals surface area contributed by atoms with Crippen molar-refractivity contribution >= 4 is 32.9 Å². The summed E-state index contributed by atoms with van der Waals surface area (Å²) in [5.41, 5.74) is 2.58. The van der Waals surface area contributed by atoms with Gasteiger partial charge in [-0.05, 0) is 36.5 Å². The number of nitrogens with zero attached hydrogens (tertiary/aromatic N) is 2. The van der Waals surface area contributed by atoms with Gasteiger partial charge in [-0.2, -0.15) is 0 Å². The van der Waals surface area contributed by atoms with Gasteiger partial charge in [0.05, 0.1) is 18.8 Å². The van der Waals surface area contributed by atoms with E-state index in [2.05, 4.69) is 42.0 Å². The zero-order chi connectivity index (χ0) is 22.4. The third-order valence-corrected chi connectivity index (χ3v) is 5.36. The zero-order valence-electron chi connectivity index (χ0n) is 18.3. The molecule has 0 bridgehead atoms. The number of hydrogen-bond acceptors (Lipinski definition) is 5. The molecule has 1 heterocycles. The maximum absolute atomic E-state index is 12.5. The number of aryl methyl sites for hydroxylation is 1. The van der Waals surface area contributed by atoms with E-state index in [1.54, 1.807) is 7.11 Å². The molecule has 0 fully saturated rings. The Morgan fingerprint density at radius 2 is 1.90 bits per heavy atom. The van der Waals surface area contributed by atoms with E-state index in [1.165, 1.54) is 0 Å². The summed E-state index contributed by atoms with van der Waals surface area (Å²) in [4.78, 5) is 22.1. The summed E-state index contributed by atoms with van der Waals surface area (Å²) in [6.45, 7) is 6.46. The molecule has 0 aliphatic carbocycles. The molecule has 1 aromatic heterocycles. The number of rotatable bonds is 8. The SMILES string of the molecule is CCc1nc(C(CC(C)C)NC(=O)OCc2ccccc2)nc2c(OC)cc(Br)cc12. The van der Waals surface area contributed by atoms with Gasteiger partial charge in [0.25, 0.3) is 0 Å². The fraction of sp³-hybridized carbons (Fsp3) is 0.375. The number of amides is 1. The topological polar surface area (TPSA) is 73.3 Å². The second-order valence-corrected chi connectivity index (χ2v) is 8.69. The Labute approximate surface area is 191 Å². The molecule has 0 saturated heterocycles. The van der Waals surface area contributed by atoms with E-state index in [1.807, 2.05) is 42.5 Å². The van der Waals surface area contributed by atoms with Gasteiger partial charge in [-0.15, -0.1) is 0 Å². The highest BCUT2D eigenvalue weighted by molar-refractivity contribution is 9.10. The Morgan fingerprint density at radius 3 is 2.55 bits per heavy atom. The maximum Gasteiger partial charge on any atom is 0.408 e. The lowest BCUT2D eigenvalue weighted by molar-refractivity contribution is 0.133. The number of ether oxygens (including phenoxy) is 2. The van der Waals surface area contributed by atoms with E-state index in [-0.39, 0.29) is 12.6 Å². The molecule has 0 aliphatic heterocycles. The van der Waals surface area contributed by atoms with E-state index in [4.69, 9.17) is 19.4 Å². The van der Waals surface area contributed by atoms with Crippen LogP contribution in [-0.2, 0) is 17.8 Å². The van der Waals surface area contributed by atoms with Gasteiger partial charge in [-0.3, -0.25) is 0 Å². The van der Waals surface area contributed by atoms with Crippen LogP contribution in [0.4, 0.5) is 4.79 Å². The van der Waals surface area contributed by atoms with Crippen LogP contribution in [-0.4, -0.2) is 23.2 Å². The highest BCUT2D eigenvalue weighted by Gasteiger charge is 2.22. The van der Waals surface area contributed by atoms with Crippen LogP contribution in [0.15, 0.2) is 46.9 Å². The minimum absolute atomic E-state index is 0.210. The van der Waals surface area contributed by atoms with Crippen LogP contribution in [0.1, 0.15) is 50.3 Å². The molecule has 0 aliphatic rings. The van der Waals surface area contributed by atoms with Crippen LogP contribution >= 0.6 is 15.9 Å². The van der Waals surface area contributed by atoms with Crippen molar-refractivity contribution in [2.24, 2.45) is 5.92 Å². The summed E-state index contributed by atoms with van der Waals surface area (Å²) in [6, 6.07) is 13.1. The summed E-state index contributed by atoms with van der Waals surface area (Å²) < 4.78 is 11.9. The number of carbonyl (C=O) groups is 1. The molecule has 3 aromatic rings. The molecule has 1 atom stereocenters. The maximum atomic E-state index is 12.5. The lowest BCUT2D eigenvalue weighted by Gasteiger charge is -2.21. The first-order valence-electron chi connectivity index (χ1n) is 10.4. The second-order valence-electron chi connectivity index (χ2n) is 7.77. The number of carbonyl (C=O) groups excluding carboxylic acids is 1. The van der Waals surface area contributed by atoms with Crippen LogP contribution in [0.25, 0.3) is 10.9 Å². The zero-order valence-corrected chi connectivity index (χ0v) is 19.9. The molecule has 3 rings (SSSR count). The first kappa shape index (κ1) is 23.0. The normalized spacial score (nSPS) is 12.1. The standard InChI is InChI=1S/C24H28BrN3O3/c1-5-19-18-12-17(25)13-21(30-4)22(18)28-23(26-19)20(11-15(2)3)27-24(29)31-14-16-9-7-6-8-10-16/h6-10,12-13,15,20H,5,11,14H2,1-4H3,(H,27,29). The Morgan fingerprint density at radius 1 is 1.16 bits per heavy atom. The predicted octanol–water partition coefficient (Wildman–Crippen LogP) is 5.98. The summed E-state index contributed by atoms with van der Waals surface area (Å²) >= 11 is 3.53. The van der Waals surface area contributed by atoms with Gasteiger partial charge in [0.15, 0.2) is 5.82 Å². The van der Waals surface area contributed by atoms with Crippen molar-refractivity contribution < 1.29 is 14.3 Å². The van der Waals surface area contributed by atoms with E-state index in [0.29, 0.717) is 23.9 Å². The van der Waals surface area contributed by atoms with Crippen LogP contribution in [0.3, 0.4) is 0 Å². The minimum atomic E-state index is -0.487. The molecule has 2 aromatic carbocycles. The first-order chi connectivity index (χ1) is 14.9. The molecular formula is C24H28BrN3O3. The smallest absolute Gasteiger partial charge is 0.408 e. The van der Waals surface area contributed by atoms with Crippen LogP contribution < -0.4 is 10.1 Å². The number of benzene rings is 2. The van der Waals surface area contributed by atoms with Crippen molar-refractivity contribution in [1.82, 2.24) is 15.3 Å². The quantitative estimate of drug-likeness (QED) is 0.424. The van der Waals surface area contributed by atoms with Gasteiger partial charge in [-0.1, -0.05) is 67.0 Å². The van der Waals surface area contributed by atoms with Crippen LogP contribution in [0.2, 0.25) is 0 Å². The Kier molecular flexibility index (Phi) is 7.85. The van der Waals surface area contributed by atoms with Crippen molar-refractivity contribution in [3.8, 4) is 5.75 Å². The van der Waals surface area contributed by atoms with Crippen molar-refractivity contribution in [1.29, 1.82) is 0 Å². The van der Waals surface area contributed by atoms with Gasteiger partial charge in [0, 0.05) is 9.86 Å². The number of aromatic nitrogens is 2. The molecule has 1 unspecified atom stereocenters. The van der Waals surface area contributed by atoms with Gasteiger partial charge in [0.2, 0.25) is 0 Å². The third-order valence-electron chi connectivity index (χ3n) is 4.90. The summed E-state index contributed by atoms with van der Waals surface area (Å²) in [5.74, 6) is 1.56. The first-order valence-corrected chi connectivity index (χ1v) is 11.2. The van der Waals surface area contributed by atoms with Crippen molar-refractivity contribution in [3.05, 3.63) is 64.0 Å². The average molecular weight is 486 g/mol. The lowest BCUT2D eigenvalue weighted by Crippen LogP contribution is -2.31. The number of alkyl carbamates (subject to hydrolysis) is 1. The Balaban J connectivity index is 1.90. The van der Waals surface area contributed by atoms with Gasteiger partial charge < -0.3 is 14.8 Å². The van der Waals surface area contributed by atoms with E-state index in [9.17, 15) is 4.79 Å². The molecule has 0 saturated carbocycles. The number of fused-ring (bicyclic) bond motifs is 1. The average Bonchev–Trinajstić information content (AvgIpc) is 2.76. The number of halogens is 1. The molecular weight excluding hydrogens is 458 g/mol. The number of methoxy groups -OCH3 is 1. The van der Waals surface area contributed by atoms with E-state index in [0.717, 1.165) is 33.1 Å². The molecule has 164 valence electrons. The number of nitrogens with one attached hydrogen (secondary N) is 1. The molecule has 1 amide bonds. The molecule has 0 spiro atoms. The monoisotopic (exact) mass is 485 g/mol. The van der Waals surface area contributed by atoms with E-state index < -0.39 is 6.09 Å². The van der Waals surface area contributed by atoms with Gasteiger partial charge in [0.1, 0.15) is 17.9 Å². The summed E-state index contributed by atoms with van der Waals surface area (Å²) in [5, 5.41) is 3.90. The summed E-state index contributed by atoms with van der Waals surface area (Å²) in [6.07, 6.45) is 0.936. The highest BCUT2D eigenvalue weighted by atomic mass is 79.9. The molecule has 0 radical (unpaired) electrons. The van der Waals surface area contributed by atoms with Crippen molar-refractivity contribution in [2.45, 2.75) is 46.3 Å². The van der Waals surface area contributed by atoms with Crippen LogP contribution in [0.5, 0.6) is 5.75 Å². The largest absolute Gasteiger partial charge is 0.494 e. The molecule has 6 nitrogen and oxygen atoms in total. The summed E-state index contributed by atoms with van der Waals surface area (Å²) in [7, 11) is 1.62. The van der Waals surface area contributed by atoms with Gasteiger partial charge in [-0.25, -0.2) is 14.8 Å². The lowest BCUT2D eigenvalue weighted by atomic mass is 10.0. The second kappa shape index (κ2) is 10.6. The highest BCUT2D eigenvalue weighted by Crippen LogP contribution is 2.32. The Hall–Kier alpha value is -2.67. The van der Waals surface area contributed by atoms with Gasteiger partial charge >= 0.3 is 6.09 Å². The van der Waals surface area contributed by atoms with Crippen molar-refractivity contribution in [3.63, 3.8) is 0 Å². The van der Waals surface area contributed by atoms with E-state index >= 15 is 0 Å². The fourth-order valence-electron chi connectivity index (χ4n) is 3.44. The number of hydrogen-bond donors (Lipinski definition) is 1. The van der Waals surface area contributed by atoms with Crippen molar-refractivity contribution in [2.75, 3.05) is 7.11 Å². The molecule has 31 heavy (non-hydrogen) atoms. The molecule has 1 N–H and O–H groups in total.